The number of aliphatic hydroxyl groups excluding tert-OH is 1. The number of sulfonamides is 1. The van der Waals surface area contributed by atoms with Crippen LogP contribution in [0.25, 0.3) is 0 Å². The quantitative estimate of drug-likeness (QED) is 0.856. The minimum Gasteiger partial charge on any atom is -0.388 e. The Morgan fingerprint density at radius 2 is 2.05 bits per heavy atom. The van der Waals surface area contributed by atoms with E-state index >= 15 is 0 Å². The molecule has 1 unspecified atom stereocenters. The van der Waals surface area contributed by atoms with Crippen molar-refractivity contribution < 1.29 is 13.5 Å². The highest BCUT2D eigenvalue weighted by atomic mass is 79.9. The zero-order chi connectivity index (χ0) is 15.0. The second-order valence-corrected chi connectivity index (χ2v) is 8.68. The summed E-state index contributed by atoms with van der Waals surface area (Å²) in [6, 6.07) is 8.89. The van der Waals surface area contributed by atoms with Crippen molar-refractivity contribution >= 4 is 43.0 Å². The molecule has 0 saturated heterocycles. The van der Waals surface area contributed by atoms with Crippen molar-refractivity contribution in [2.24, 2.45) is 0 Å². The van der Waals surface area contributed by atoms with Gasteiger partial charge in [-0.3, -0.25) is 4.31 Å². The monoisotopic (exact) mass is 387 g/mol. The maximum absolute atomic E-state index is 12.9. The normalized spacial score (nSPS) is 19.1. The van der Waals surface area contributed by atoms with E-state index in [0.717, 1.165) is 0 Å². The Morgan fingerprint density at radius 3 is 2.76 bits per heavy atom. The number of benzene rings is 1. The van der Waals surface area contributed by atoms with Crippen molar-refractivity contribution in [1.82, 2.24) is 0 Å². The Balaban J connectivity index is 2.14. The standard InChI is InChI=1S/C14H14BrNO3S2/c15-11-7-9-20-14(11)21(18,19)16-8-3-6-13(17)10-4-1-2-5-12(10)16/h1-2,4-5,7,9,13,17H,3,6,8H2. The molecule has 2 heterocycles. The molecule has 0 radical (unpaired) electrons. The molecule has 1 aromatic carbocycles. The molecule has 1 aliphatic heterocycles. The summed E-state index contributed by atoms with van der Waals surface area (Å²) in [4.78, 5) is 0. The van der Waals surface area contributed by atoms with Gasteiger partial charge in [-0.2, -0.15) is 0 Å². The smallest absolute Gasteiger partial charge is 0.274 e. The summed E-state index contributed by atoms with van der Waals surface area (Å²) in [5.41, 5.74) is 1.24. The summed E-state index contributed by atoms with van der Waals surface area (Å²) in [6.07, 6.45) is 0.570. The Hall–Kier alpha value is -0.890. The van der Waals surface area contributed by atoms with Crippen LogP contribution in [0.15, 0.2) is 44.4 Å². The van der Waals surface area contributed by atoms with E-state index < -0.39 is 16.1 Å². The van der Waals surface area contributed by atoms with Crippen molar-refractivity contribution in [2.75, 3.05) is 10.8 Å². The maximum atomic E-state index is 12.9. The van der Waals surface area contributed by atoms with Crippen LogP contribution >= 0.6 is 27.3 Å². The van der Waals surface area contributed by atoms with Gasteiger partial charge in [0.15, 0.2) is 4.21 Å². The number of aliphatic hydroxyl groups is 1. The number of halogens is 1. The van der Waals surface area contributed by atoms with Crippen molar-refractivity contribution in [2.45, 2.75) is 23.2 Å². The van der Waals surface area contributed by atoms with Crippen LogP contribution in [0.5, 0.6) is 0 Å². The van der Waals surface area contributed by atoms with E-state index in [1.165, 1.54) is 15.6 Å². The fourth-order valence-corrected chi connectivity index (χ4v) is 6.46. The molecule has 0 bridgehead atoms. The number of fused-ring (bicyclic) bond motifs is 1. The van der Waals surface area contributed by atoms with Crippen molar-refractivity contribution in [3.05, 3.63) is 45.7 Å². The van der Waals surface area contributed by atoms with Crippen molar-refractivity contribution in [3.63, 3.8) is 0 Å². The summed E-state index contributed by atoms with van der Waals surface area (Å²) >= 11 is 4.49. The van der Waals surface area contributed by atoms with Crippen LogP contribution in [0, 0.1) is 0 Å². The maximum Gasteiger partial charge on any atom is 0.274 e. The molecule has 112 valence electrons. The van der Waals surface area contributed by atoms with E-state index in [9.17, 15) is 13.5 Å². The molecule has 3 rings (SSSR count). The fourth-order valence-electron chi connectivity index (χ4n) is 2.51. The molecule has 21 heavy (non-hydrogen) atoms. The van der Waals surface area contributed by atoms with Crippen LogP contribution in [0.3, 0.4) is 0 Å². The van der Waals surface area contributed by atoms with E-state index in [4.69, 9.17) is 0 Å². The topological polar surface area (TPSA) is 57.6 Å². The molecule has 1 atom stereocenters. The van der Waals surface area contributed by atoms with E-state index in [-0.39, 0.29) is 0 Å². The van der Waals surface area contributed by atoms with Gasteiger partial charge in [-0.15, -0.1) is 11.3 Å². The summed E-state index contributed by atoms with van der Waals surface area (Å²) < 4.78 is 28.1. The van der Waals surface area contributed by atoms with Crippen LogP contribution in [-0.4, -0.2) is 20.1 Å². The lowest BCUT2D eigenvalue weighted by Gasteiger charge is -2.24. The van der Waals surface area contributed by atoms with Crippen LogP contribution in [0.2, 0.25) is 0 Å². The summed E-state index contributed by atoms with van der Waals surface area (Å²) in [5, 5.41) is 11.9. The summed E-state index contributed by atoms with van der Waals surface area (Å²) in [5.74, 6) is 0. The number of hydrogen-bond donors (Lipinski definition) is 1. The van der Waals surface area contributed by atoms with Crippen LogP contribution < -0.4 is 4.31 Å². The second-order valence-electron chi connectivity index (χ2n) is 4.85. The van der Waals surface area contributed by atoms with E-state index in [1.807, 2.05) is 6.07 Å². The number of thiophene rings is 1. The van der Waals surface area contributed by atoms with Gasteiger partial charge in [0, 0.05) is 16.6 Å². The van der Waals surface area contributed by atoms with Gasteiger partial charge in [0.1, 0.15) is 0 Å². The molecule has 1 aromatic heterocycles. The molecular weight excluding hydrogens is 374 g/mol. The second kappa shape index (κ2) is 5.72. The first-order valence-corrected chi connectivity index (χ1v) is 9.66. The predicted octanol–water partition coefficient (Wildman–Crippen LogP) is 3.53. The highest BCUT2D eigenvalue weighted by Crippen LogP contribution is 2.38. The van der Waals surface area contributed by atoms with E-state index in [1.54, 1.807) is 29.6 Å². The fraction of sp³-hybridized carbons (Fsp3) is 0.286. The number of hydrogen-bond acceptors (Lipinski definition) is 4. The minimum atomic E-state index is -3.62. The number of para-hydroxylation sites is 1. The van der Waals surface area contributed by atoms with Gasteiger partial charge in [0.25, 0.3) is 10.0 Å². The molecule has 4 nitrogen and oxygen atoms in total. The molecule has 0 amide bonds. The summed E-state index contributed by atoms with van der Waals surface area (Å²) in [7, 11) is -3.62. The lowest BCUT2D eigenvalue weighted by Crippen LogP contribution is -2.31. The lowest BCUT2D eigenvalue weighted by atomic mass is 10.1. The van der Waals surface area contributed by atoms with Gasteiger partial charge >= 0.3 is 0 Å². The van der Waals surface area contributed by atoms with Crippen LogP contribution in [0.4, 0.5) is 5.69 Å². The molecule has 7 heteroatoms. The van der Waals surface area contributed by atoms with E-state index in [0.29, 0.717) is 39.3 Å². The van der Waals surface area contributed by atoms with Gasteiger partial charge in [-0.25, -0.2) is 8.42 Å². The Morgan fingerprint density at radius 1 is 1.29 bits per heavy atom. The zero-order valence-corrected chi connectivity index (χ0v) is 14.3. The largest absolute Gasteiger partial charge is 0.388 e. The number of anilines is 1. The minimum absolute atomic E-state index is 0.300. The molecular formula is C14H14BrNO3S2. The highest BCUT2D eigenvalue weighted by molar-refractivity contribution is 9.10. The number of nitrogens with zero attached hydrogens (tertiary/aromatic N) is 1. The first kappa shape index (κ1) is 15.0. The van der Waals surface area contributed by atoms with Gasteiger partial charge in [0.05, 0.1) is 11.8 Å². The third-order valence-corrected chi connectivity index (χ3v) is 7.97. The highest BCUT2D eigenvalue weighted by Gasteiger charge is 2.32. The molecule has 0 fully saturated rings. The third-order valence-electron chi connectivity index (χ3n) is 3.51. The molecule has 0 aliphatic carbocycles. The van der Waals surface area contributed by atoms with Gasteiger partial charge in [0.2, 0.25) is 0 Å². The lowest BCUT2D eigenvalue weighted by molar-refractivity contribution is 0.168. The SMILES string of the molecule is O=S(=O)(c1sccc1Br)N1CCCC(O)c2ccccc21. The first-order chi connectivity index (χ1) is 10.0. The van der Waals surface area contributed by atoms with Gasteiger partial charge < -0.3 is 5.11 Å². The number of rotatable bonds is 2. The molecule has 2 aromatic rings. The molecule has 0 saturated carbocycles. The molecule has 1 N–H and O–H groups in total. The average Bonchev–Trinajstić information content (AvgIpc) is 2.82. The first-order valence-electron chi connectivity index (χ1n) is 6.54. The van der Waals surface area contributed by atoms with Crippen LogP contribution in [-0.2, 0) is 10.0 Å². The van der Waals surface area contributed by atoms with Gasteiger partial charge in [-0.1, -0.05) is 18.2 Å². The molecule has 0 spiro atoms. The zero-order valence-electron chi connectivity index (χ0n) is 11.1. The van der Waals surface area contributed by atoms with Crippen LogP contribution in [0.1, 0.15) is 24.5 Å². The average molecular weight is 388 g/mol. The Kier molecular flexibility index (Phi) is 4.09. The summed E-state index contributed by atoms with van der Waals surface area (Å²) in [6.45, 7) is 0.376. The van der Waals surface area contributed by atoms with Crippen molar-refractivity contribution in [1.29, 1.82) is 0 Å². The Bertz CT molecular complexity index is 757. The predicted molar refractivity (Wildman–Crippen MR) is 87.2 cm³/mol. The third kappa shape index (κ3) is 2.63. The van der Waals surface area contributed by atoms with E-state index in [2.05, 4.69) is 15.9 Å². The van der Waals surface area contributed by atoms with Crippen molar-refractivity contribution in [3.8, 4) is 0 Å². The molecule has 1 aliphatic rings. The Labute approximate surface area is 136 Å². The van der Waals surface area contributed by atoms with Gasteiger partial charge in [-0.05, 0) is 46.3 Å².